The summed E-state index contributed by atoms with van der Waals surface area (Å²) in [5, 5.41) is 9.81. The Morgan fingerprint density at radius 1 is 1.41 bits per heavy atom. The van der Waals surface area contributed by atoms with Crippen LogP contribution in [0, 0.1) is 0 Å². The molecule has 1 aromatic heterocycles. The fourth-order valence-corrected chi connectivity index (χ4v) is 1.10. The molecule has 1 N–H and O–H groups in total. The molecule has 0 aliphatic rings. The van der Waals surface area contributed by atoms with E-state index in [9.17, 15) is 9.59 Å². The van der Waals surface area contributed by atoms with Crippen LogP contribution in [0.1, 0.15) is 17.4 Å². The molecule has 0 spiro atoms. The molecular formula is C10H13ClN4O2. The number of amides is 2. The van der Waals surface area contributed by atoms with Gasteiger partial charge < -0.3 is 10.2 Å². The Morgan fingerprint density at radius 2 is 2.12 bits per heavy atom. The lowest BCUT2D eigenvalue weighted by molar-refractivity contribution is -0.128. The Bertz CT molecular complexity index is 407. The number of halogens is 1. The third kappa shape index (κ3) is 3.99. The second kappa shape index (κ2) is 6.15. The molecule has 2 amide bonds. The average molecular weight is 257 g/mol. The summed E-state index contributed by atoms with van der Waals surface area (Å²) < 4.78 is 0. The molecule has 17 heavy (non-hydrogen) atoms. The van der Waals surface area contributed by atoms with Gasteiger partial charge in [0, 0.05) is 13.6 Å². The molecule has 1 rings (SSSR count). The highest BCUT2D eigenvalue weighted by Gasteiger charge is 2.11. The number of rotatable bonds is 4. The highest BCUT2D eigenvalue weighted by molar-refractivity contribution is 6.29. The number of hydrogen-bond acceptors (Lipinski definition) is 4. The van der Waals surface area contributed by atoms with Gasteiger partial charge in [0.05, 0.1) is 6.54 Å². The van der Waals surface area contributed by atoms with Gasteiger partial charge in [-0.1, -0.05) is 11.6 Å². The topological polar surface area (TPSA) is 75.2 Å². The molecule has 92 valence electrons. The van der Waals surface area contributed by atoms with Crippen LogP contribution in [0.2, 0.25) is 5.15 Å². The first-order valence-corrected chi connectivity index (χ1v) is 5.43. The summed E-state index contributed by atoms with van der Waals surface area (Å²) in [5.74, 6) is -0.616. The Hall–Kier alpha value is -1.69. The minimum Gasteiger partial charge on any atom is -0.345 e. The summed E-state index contributed by atoms with van der Waals surface area (Å²) in [6.07, 6.45) is 0. The van der Waals surface area contributed by atoms with Crippen molar-refractivity contribution in [1.29, 1.82) is 0 Å². The lowest BCUT2D eigenvalue weighted by Gasteiger charge is -2.14. The van der Waals surface area contributed by atoms with E-state index in [1.807, 2.05) is 6.92 Å². The van der Waals surface area contributed by atoms with Crippen LogP contribution in [0.3, 0.4) is 0 Å². The van der Waals surface area contributed by atoms with Crippen molar-refractivity contribution in [3.63, 3.8) is 0 Å². The number of likely N-dealkylation sites (N-methyl/N-ethyl adjacent to an activating group) is 1. The van der Waals surface area contributed by atoms with Crippen molar-refractivity contribution in [1.82, 2.24) is 20.4 Å². The molecule has 0 saturated carbocycles. The molecule has 0 bridgehead atoms. The minimum atomic E-state index is -0.452. The van der Waals surface area contributed by atoms with Gasteiger partial charge >= 0.3 is 0 Å². The molecule has 0 aliphatic heterocycles. The van der Waals surface area contributed by atoms with Gasteiger partial charge in [-0.25, -0.2) is 0 Å². The van der Waals surface area contributed by atoms with Crippen LogP contribution >= 0.6 is 11.6 Å². The van der Waals surface area contributed by atoms with Gasteiger partial charge in [0.1, 0.15) is 0 Å². The highest BCUT2D eigenvalue weighted by atomic mass is 35.5. The SMILES string of the molecule is CCN(C)C(=O)CNC(=O)c1ccc(Cl)nn1. The summed E-state index contributed by atoms with van der Waals surface area (Å²) in [6, 6.07) is 2.90. The van der Waals surface area contributed by atoms with E-state index in [0.717, 1.165) is 0 Å². The third-order valence-electron chi connectivity index (χ3n) is 2.16. The van der Waals surface area contributed by atoms with Crippen LogP contribution in [-0.4, -0.2) is 47.0 Å². The third-order valence-corrected chi connectivity index (χ3v) is 2.37. The summed E-state index contributed by atoms with van der Waals surface area (Å²) in [6.45, 7) is 2.38. The molecule has 0 saturated heterocycles. The maximum atomic E-state index is 11.5. The van der Waals surface area contributed by atoms with E-state index in [-0.39, 0.29) is 23.3 Å². The molecule has 0 radical (unpaired) electrons. The lowest BCUT2D eigenvalue weighted by atomic mass is 10.3. The summed E-state index contributed by atoms with van der Waals surface area (Å²) in [4.78, 5) is 24.5. The van der Waals surface area contributed by atoms with Crippen molar-refractivity contribution in [2.24, 2.45) is 0 Å². The zero-order chi connectivity index (χ0) is 12.8. The van der Waals surface area contributed by atoms with E-state index >= 15 is 0 Å². The van der Waals surface area contributed by atoms with Crippen molar-refractivity contribution in [2.75, 3.05) is 20.1 Å². The Kier molecular flexibility index (Phi) is 4.84. The summed E-state index contributed by atoms with van der Waals surface area (Å²) >= 11 is 5.54. The number of carbonyl (C=O) groups is 2. The largest absolute Gasteiger partial charge is 0.345 e. The molecular weight excluding hydrogens is 244 g/mol. The second-order valence-corrected chi connectivity index (χ2v) is 3.72. The molecule has 0 aromatic carbocycles. The number of hydrogen-bond donors (Lipinski definition) is 1. The standard InChI is InChI=1S/C10H13ClN4O2/c1-3-15(2)9(16)6-12-10(17)7-4-5-8(11)14-13-7/h4-5H,3,6H2,1-2H3,(H,12,17). The van der Waals surface area contributed by atoms with E-state index in [1.54, 1.807) is 7.05 Å². The molecule has 0 fully saturated rings. The molecule has 1 aromatic rings. The van der Waals surface area contributed by atoms with E-state index in [4.69, 9.17) is 11.6 Å². The minimum absolute atomic E-state index is 0.0620. The zero-order valence-electron chi connectivity index (χ0n) is 9.61. The second-order valence-electron chi connectivity index (χ2n) is 3.33. The highest BCUT2D eigenvalue weighted by Crippen LogP contribution is 2.01. The fraction of sp³-hybridized carbons (Fsp3) is 0.400. The summed E-state index contributed by atoms with van der Waals surface area (Å²) in [5.41, 5.74) is 0.126. The van der Waals surface area contributed by atoms with Crippen molar-refractivity contribution in [2.45, 2.75) is 6.92 Å². The van der Waals surface area contributed by atoms with Crippen LogP contribution in [0.5, 0.6) is 0 Å². The summed E-state index contributed by atoms with van der Waals surface area (Å²) in [7, 11) is 1.66. The van der Waals surface area contributed by atoms with Gasteiger partial charge in [0.15, 0.2) is 10.8 Å². The van der Waals surface area contributed by atoms with E-state index < -0.39 is 5.91 Å². The van der Waals surface area contributed by atoms with Gasteiger partial charge in [-0.15, -0.1) is 10.2 Å². The van der Waals surface area contributed by atoms with Crippen LogP contribution in [0.15, 0.2) is 12.1 Å². The smallest absolute Gasteiger partial charge is 0.272 e. The van der Waals surface area contributed by atoms with Crippen molar-refractivity contribution >= 4 is 23.4 Å². The van der Waals surface area contributed by atoms with Crippen molar-refractivity contribution < 1.29 is 9.59 Å². The molecule has 1 heterocycles. The lowest BCUT2D eigenvalue weighted by Crippen LogP contribution is -2.38. The van der Waals surface area contributed by atoms with Crippen LogP contribution in [0.25, 0.3) is 0 Å². The average Bonchev–Trinajstić information content (AvgIpc) is 2.35. The Balaban J connectivity index is 2.50. The molecule has 0 atom stereocenters. The number of aromatic nitrogens is 2. The number of nitrogens with one attached hydrogen (secondary N) is 1. The van der Waals surface area contributed by atoms with Gasteiger partial charge in [0.2, 0.25) is 5.91 Å². The molecule has 0 unspecified atom stereocenters. The predicted octanol–water partition coefficient (Wildman–Crippen LogP) is 0.338. The Morgan fingerprint density at radius 3 is 2.65 bits per heavy atom. The van der Waals surface area contributed by atoms with Crippen molar-refractivity contribution in [3.8, 4) is 0 Å². The first kappa shape index (κ1) is 13.4. The van der Waals surface area contributed by atoms with Gasteiger partial charge in [-0.3, -0.25) is 9.59 Å². The molecule has 7 heteroatoms. The predicted molar refractivity (Wildman–Crippen MR) is 62.7 cm³/mol. The number of carbonyl (C=O) groups excluding carboxylic acids is 2. The fourth-order valence-electron chi connectivity index (χ4n) is 0.995. The molecule has 6 nitrogen and oxygen atoms in total. The first-order chi connectivity index (χ1) is 8.04. The van der Waals surface area contributed by atoms with E-state index in [0.29, 0.717) is 6.54 Å². The normalized spacial score (nSPS) is 9.82. The van der Waals surface area contributed by atoms with Crippen molar-refractivity contribution in [3.05, 3.63) is 23.0 Å². The zero-order valence-corrected chi connectivity index (χ0v) is 10.4. The van der Waals surface area contributed by atoms with Crippen LogP contribution < -0.4 is 5.32 Å². The van der Waals surface area contributed by atoms with Crippen LogP contribution in [0.4, 0.5) is 0 Å². The maximum Gasteiger partial charge on any atom is 0.272 e. The number of nitrogens with zero attached hydrogens (tertiary/aromatic N) is 3. The monoisotopic (exact) mass is 256 g/mol. The molecule has 0 aliphatic carbocycles. The first-order valence-electron chi connectivity index (χ1n) is 5.06. The van der Waals surface area contributed by atoms with Crippen LogP contribution in [-0.2, 0) is 4.79 Å². The van der Waals surface area contributed by atoms with E-state index in [2.05, 4.69) is 15.5 Å². The quantitative estimate of drug-likeness (QED) is 0.843. The van der Waals surface area contributed by atoms with E-state index in [1.165, 1.54) is 17.0 Å². The Labute approximate surface area is 104 Å². The van der Waals surface area contributed by atoms with Gasteiger partial charge in [-0.05, 0) is 19.1 Å². The van der Waals surface area contributed by atoms with Gasteiger partial charge in [-0.2, -0.15) is 0 Å². The maximum absolute atomic E-state index is 11.5. The van der Waals surface area contributed by atoms with Gasteiger partial charge in [0.25, 0.3) is 5.91 Å².